The van der Waals surface area contributed by atoms with Gasteiger partial charge in [-0.25, -0.2) is 0 Å². The fourth-order valence-electron chi connectivity index (χ4n) is 3.95. The van der Waals surface area contributed by atoms with Crippen molar-refractivity contribution in [3.05, 3.63) is 0 Å². The van der Waals surface area contributed by atoms with E-state index in [2.05, 4.69) is 34.7 Å². The molecular weight excluding hydrogens is 170 g/mol. The fraction of sp³-hybridized carbons (Fsp3) is 1.00. The highest BCUT2D eigenvalue weighted by Crippen LogP contribution is 2.60. The minimum atomic E-state index is 0.583. The van der Waals surface area contributed by atoms with Crippen LogP contribution in [-0.2, 0) is 0 Å². The second-order valence-electron chi connectivity index (χ2n) is 6.79. The summed E-state index contributed by atoms with van der Waals surface area (Å²) in [5.41, 5.74) is 1.18. The van der Waals surface area contributed by atoms with Crippen molar-refractivity contribution in [2.24, 2.45) is 16.7 Å². The Labute approximate surface area is 89.1 Å². The molecule has 1 saturated carbocycles. The molecule has 1 heterocycles. The number of rotatable bonds is 1. The van der Waals surface area contributed by atoms with Crippen LogP contribution < -0.4 is 0 Å². The first-order valence-electron chi connectivity index (χ1n) is 6.17. The number of nitrogens with zero attached hydrogens (tertiary/aromatic N) is 1. The molecular formula is C13H26N+. The molecule has 0 aromatic carbocycles. The van der Waals surface area contributed by atoms with Gasteiger partial charge in [0, 0.05) is 11.3 Å². The molecule has 0 amide bonds. The summed E-state index contributed by atoms with van der Waals surface area (Å²) in [4.78, 5) is 0. The van der Waals surface area contributed by atoms with E-state index in [0.29, 0.717) is 10.8 Å². The van der Waals surface area contributed by atoms with E-state index in [1.54, 1.807) is 0 Å². The average molecular weight is 196 g/mol. The van der Waals surface area contributed by atoms with E-state index in [9.17, 15) is 0 Å². The lowest BCUT2D eigenvalue weighted by atomic mass is 9.62. The Hall–Kier alpha value is -0.0400. The van der Waals surface area contributed by atoms with Crippen LogP contribution in [0.2, 0.25) is 0 Å². The van der Waals surface area contributed by atoms with Crippen LogP contribution in [0.3, 0.4) is 0 Å². The highest BCUT2D eigenvalue weighted by Gasteiger charge is 2.59. The van der Waals surface area contributed by atoms with Crippen molar-refractivity contribution in [1.29, 1.82) is 0 Å². The third-order valence-corrected chi connectivity index (χ3v) is 5.78. The minimum absolute atomic E-state index is 0.583. The minimum Gasteiger partial charge on any atom is -0.326 e. The summed E-state index contributed by atoms with van der Waals surface area (Å²) < 4.78 is 1.31. The van der Waals surface area contributed by atoms with Gasteiger partial charge in [0.2, 0.25) is 0 Å². The number of quaternary nitrogens is 1. The zero-order valence-electron chi connectivity index (χ0n) is 10.6. The molecule has 1 nitrogen and oxygen atoms in total. The number of piperidine rings is 1. The van der Waals surface area contributed by atoms with Crippen LogP contribution in [-0.4, -0.2) is 31.2 Å². The highest BCUT2D eigenvalue weighted by atomic mass is 15.3. The lowest BCUT2D eigenvalue weighted by molar-refractivity contribution is -0.924. The summed E-state index contributed by atoms with van der Waals surface area (Å²) in [6.07, 6.45) is 2.93. The molecule has 2 rings (SSSR count). The Bertz CT molecular complexity index is 246. The SMILES string of the molecule is CC[N+]1(C)C[C@H]2CC[C@](C)(C1)C2(C)C. The molecule has 2 bridgehead atoms. The van der Waals surface area contributed by atoms with Crippen LogP contribution >= 0.6 is 0 Å². The number of hydrogen-bond donors (Lipinski definition) is 0. The molecule has 1 saturated heterocycles. The maximum Gasteiger partial charge on any atom is 0.0844 e. The Morgan fingerprint density at radius 1 is 1.29 bits per heavy atom. The molecule has 0 aromatic rings. The Balaban J connectivity index is 2.31. The largest absolute Gasteiger partial charge is 0.326 e. The lowest BCUT2D eigenvalue weighted by Crippen LogP contribution is -2.61. The van der Waals surface area contributed by atoms with Crippen molar-refractivity contribution in [3.63, 3.8) is 0 Å². The number of likely N-dealkylation sites (tertiary alicyclic amines) is 1. The quantitative estimate of drug-likeness (QED) is 0.566. The molecule has 1 heteroatoms. The molecule has 1 unspecified atom stereocenters. The van der Waals surface area contributed by atoms with Gasteiger partial charge in [-0.1, -0.05) is 20.8 Å². The maximum absolute atomic E-state index is 2.53. The first kappa shape index (κ1) is 10.5. The van der Waals surface area contributed by atoms with Gasteiger partial charge in [-0.05, 0) is 25.2 Å². The van der Waals surface area contributed by atoms with Gasteiger partial charge in [-0.15, -0.1) is 0 Å². The fourth-order valence-corrected chi connectivity index (χ4v) is 3.95. The molecule has 1 aliphatic heterocycles. The van der Waals surface area contributed by atoms with Crippen LogP contribution in [0.15, 0.2) is 0 Å². The van der Waals surface area contributed by atoms with Crippen LogP contribution in [0.1, 0.15) is 40.5 Å². The van der Waals surface area contributed by atoms with E-state index < -0.39 is 0 Å². The zero-order valence-corrected chi connectivity index (χ0v) is 10.6. The third kappa shape index (κ3) is 1.18. The van der Waals surface area contributed by atoms with Gasteiger partial charge in [0.25, 0.3) is 0 Å². The molecule has 2 fully saturated rings. The van der Waals surface area contributed by atoms with E-state index in [1.807, 2.05) is 0 Å². The molecule has 2 aliphatic rings. The van der Waals surface area contributed by atoms with Crippen molar-refractivity contribution < 1.29 is 4.48 Å². The second-order valence-corrected chi connectivity index (χ2v) is 6.79. The first-order chi connectivity index (χ1) is 6.33. The van der Waals surface area contributed by atoms with Crippen molar-refractivity contribution in [3.8, 4) is 0 Å². The molecule has 82 valence electrons. The molecule has 0 N–H and O–H groups in total. The Kier molecular flexibility index (Phi) is 2.06. The van der Waals surface area contributed by atoms with Crippen LogP contribution in [0, 0.1) is 16.7 Å². The molecule has 0 spiro atoms. The van der Waals surface area contributed by atoms with Gasteiger partial charge in [0.15, 0.2) is 0 Å². The van der Waals surface area contributed by atoms with E-state index in [-0.39, 0.29) is 0 Å². The lowest BCUT2D eigenvalue weighted by Gasteiger charge is -2.53. The smallest absolute Gasteiger partial charge is 0.0844 e. The molecule has 0 radical (unpaired) electrons. The van der Waals surface area contributed by atoms with E-state index in [4.69, 9.17) is 0 Å². The summed E-state index contributed by atoms with van der Waals surface area (Å²) in [5.74, 6) is 0.964. The third-order valence-electron chi connectivity index (χ3n) is 5.78. The average Bonchev–Trinajstić information content (AvgIpc) is 2.24. The summed E-state index contributed by atoms with van der Waals surface area (Å²) in [7, 11) is 2.45. The molecule has 14 heavy (non-hydrogen) atoms. The second kappa shape index (κ2) is 2.75. The van der Waals surface area contributed by atoms with E-state index in [1.165, 1.54) is 37.0 Å². The summed E-state index contributed by atoms with van der Waals surface area (Å²) in [6.45, 7) is 14.0. The van der Waals surface area contributed by atoms with Crippen molar-refractivity contribution in [2.75, 3.05) is 26.7 Å². The first-order valence-corrected chi connectivity index (χ1v) is 6.17. The summed E-state index contributed by atoms with van der Waals surface area (Å²) >= 11 is 0. The topological polar surface area (TPSA) is 0 Å². The number of fused-ring (bicyclic) bond motifs is 2. The van der Waals surface area contributed by atoms with Gasteiger partial charge >= 0.3 is 0 Å². The molecule has 3 atom stereocenters. The highest BCUT2D eigenvalue weighted by molar-refractivity contribution is 5.02. The Morgan fingerprint density at radius 3 is 2.43 bits per heavy atom. The van der Waals surface area contributed by atoms with Crippen molar-refractivity contribution in [1.82, 2.24) is 0 Å². The van der Waals surface area contributed by atoms with Crippen molar-refractivity contribution >= 4 is 0 Å². The van der Waals surface area contributed by atoms with Gasteiger partial charge in [0.1, 0.15) is 0 Å². The normalized spacial score (nSPS) is 50.8. The number of hydrogen-bond acceptors (Lipinski definition) is 0. The van der Waals surface area contributed by atoms with Gasteiger partial charge in [0.05, 0.1) is 26.7 Å². The van der Waals surface area contributed by atoms with E-state index in [0.717, 1.165) is 5.92 Å². The van der Waals surface area contributed by atoms with Gasteiger partial charge in [-0.3, -0.25) is 0 Å². The molecule has 0 aromatic heterocycles. The predicted molar refractivity (Wildman–Crippen MR) is 61.1 cm³/mol. The van der Waals surface area contributed by atoms with Gasteiger partial charge < -0.3 is 4.48 Å². The molecule has 1 aliphatic carbocycles. The van der Waals surface area contributed by atoms with Crippen LogP contribution in [0.25, 0.3) is 0 Å². The van der Waals surface area contributed by atoms with Crippen LogP contribution in [0.5, 0.6) is 0 Å². The van der Waals surface area contributed by atoms with E-state index >= 15 is 0 Å². The Morgan fingerprint density at radius 2 is 1.93 bits per heavy atom. The summed E-state index contributed by atoms with van der Waals surface area (Å²) in [5, 5.41) is 0. The zero-order chi connectivity index (χ0) is 10.6. The van der Waals surface area contributed by atoms with Gasteiger partial charge in [-0.2, -0.15) is 0 Å². The standard InChI is InChI=1S/C13H26N/c1-6-14(5)9-11-7-8-13(4,10-14)12(11,2)3/h11H,6-10H2,1-5H3/q+1/t11-,13-,14?/m1/s1. The maximum atomic E-state index is 2.53. The monoisotopic (exact) mass is 196 g/mol. The van der Waals surface area contributed by atoms with Crippen molar-refractivity contribution in [2.45, 2.75) is 40.5 Å². The van der Waals surface area contributed by atoms with Crippen LogP contribution in [0.4, 0.5) is 0 Å². The summed E-state index contributed by atoms with van der Waals surface area (Å²) in [6, 6.07) is 0. The predicted octanol–water partition coefficient (Wildman–Crippen LogP) is 2.91.